The third-order valence-corrected chi connectivity index (χ3v) is 4.00. The standard InChI is InChI=1S/C21H18ClN/c1-23(15-5-6-17-11-13-20(22)14-12-17)16-19-9-4-8-18-7-2-3-10-21(18)19/h2-4,7-14H,15-16H2,1H3. The van der Waals surface area contributed by atoms with Gasteiger partial charge in [0, 0.05) is 17.1 Å². The second kappa shape index (κ2) is 7.33. The second-order valence-corrected chi connectivity index (χ2v) is 6.06. The molecule has 0 heterocycles. The highest BCUT2D eigenvalue weighted by Crippen LogP contribution is 2.19. The first-order valence-electron chi connectivity index (χ1n) is 7.62. The van der Waals surface area contributed by atoms with Gasteiger partial charge in [-0.15, -0.1) is 0 Å². The quantitative estimate of drug-likeness (QED) is 0.616. The molecule has 0 saturated carbocycles. The summed E-state index contributed by atoms with van der Waals surface area (Å²) in [6.07, 6.45) is 0. The van der Waals surface area contributed by atoms with Gasteiger partial charge in [-0.1, -0.05) is 65.9 Å². The Balaban J connectivity index is 1.67. The van der Waals surface area contributed by atoms with Crippen LogP contribution in [0.5, 0.6) is 0 Å². The number of hydrogen-bond donors (Lipinski definition) is 0. The Morgan fingerprint density at radius 3 is 2.48 bits per heavy atom. The molecule has 0 radical (unpaired) electrons. The van der Waals surface area contributed by atoms with Gasteiger partial charge in [0.2, 0.25) is 0 Å². The number of rotatable bonds is 3. The van der Waals surface area contributed by atoms with E-state index in [0.717, 1.165) is 23.7 Å². The van der Waals surface area contributed by atoms with Crippen molar-refractivity contribution in [2.45, 2.75) is 6.54 Å². The van der Waals surface area contributed by atoms with Crippen molar-refractivity contribution in [3.63, 3.8) is 0 Å². The van der Waals surface area contributed by atoms with Crippen LogP contribution in [0.4, 0.5) is 0 Å². The molecule has 1 nitrogen and oxygen atoms in total. The van der Waals surface area contributed by atoms with Gasteiger partial charge in [-0.2, -0.15) is 0 Å². The van der Waals surface area contributed by atoms with Crippen molar-refractivity contribution in [1.29, 1.82) is 0 Å². The fourth-order valence-electron chi connectivity index (χ4n) is 2.59. The van der Waals surface area contributed by atoms with Crippen LogP contribution in [-0.2, 0) is 6.54 Å². The first-order chi connectivity index (χ1) is 11.2. The molecule has 0 aliphatic carbocycles. The Labute approximate surface area is 142 Å². The number of hydrogen-bond acceptors (Lipinski definition) is 1. The van der Waals surface area contributed by atoms with E-state index < -0.39 is 0 Å². The van der Waals surface area contributed by atoms with Gasteiger partial charge in [0.25, 0.3) is 0 Å². The van der Waals surface area contributed by atoms with E-state index in [2.05, 4.69) is 66.3 Å². The van der Waals surface area contributed by atoms with E-state index in [-0.39, 0.29) is 0 Å². The highest BCUT2D eigenvalue weighted by Gasteiger charge is 2.03. The molecule has 0 amide bonds. The van der Waals surface area contributed by atoms with Crippen molar-refractivity contribution in [1.82, 2.24) is 4.90 Å². The summed E-state index contributed by atoms with van der Waals surface area (Å²) in [4.78, 5) is 2.23. The molecular weight excluding hydrogens is 302 g/mol. The summed E-state index contributed by atoms with van der Waals surface area (Å²) in [5.74, 6) is 6.40. The predicted octanol–water partition coefficient (Wildman–Crippen LogP) is 4.98. The zero-order valence-electron chi connectivity index (χ0n) is 13.1. The summed E-state index contributed by atoms with van der Waals surface area (Å²) < 4.78 is 0. The van der Waals surface area contributed by atoms with Gasteiger partial charge in [0.05, 0.1) is 6.54 Å². The molecule has 0 bridgehead atoms. The topological polar surface area (TPSA) is 3.24 Å². The molecule has 0 fully saturated rings. The first-order valence-corrected chi connectivity index (χ1v) is 8.00. The van der Waals surface area contributed by atoms with Crippen LogP contribution < -0.4 is 0 Å². The molecule has 3 aromatic rings. The number of benzene rings is 3. The Morgan fingerprint density at radius 2 is 1.65 bits per heavy atom. The number of nitrogens with zero attached hydrogens (tertiary/aromatic N) is 1. The maximum absolute atomic E-state index is 5.88. The largest absolute Gasteiger partial charge is 0.291 e. The fraction of sp³-hybridized carbons (Fsp3) is 0.143. The van der Waals surface area contributed by atoms with Crippen LogP contribution in [0.1, 0.15) is 11.1 Å². The van der Waals surface area contributed by atoms with Gasteiger partial charge in [-0.25, -0.2) is 0 Å². The Hall–Kier alpha value is -2.27. The lowest BCUT2D eigenvalue weighted by Crippen LogP contribution is -2.18. The molecule has 3 rings (SSSR count). The third-order valence-electron chi connectivity index (χ3n) is 3.75. The summed E-state index contributed by atoms with van der Waals surface area (Å²) in [6, 6.07) is 22.6. The van der Waals surface area contributed by atoms with E-state index in [4.69, 9.17) is 11.6 Å². The molecule has 3 aromatic carbocycles. The lowest BCUT2D eigenvalue weighted by Gasteiger charge is -2.15. The molecule has 2 heteroatoms. The monoisotopic (exact) mass is 319 g/mol. The molecule has 0 aromatic heterocycles. The zero-order valence-corrected chi connectivity index (χ0v) is 13.8. The minimum atomic E-state index is 0.728. The third kappa shape index (κ3) is 4.13. The molecule has 0 atom stereocenters. The van der Waals surface area contributed by atoms with E-state index >= 15 is 0 Å². The Morgan fingerprint density at radius 1 is 0.913 bits per heavy atom. The Bertz CT molecular complexity index is 851. The molecule has 0 aliphatic heterocycles. The van der Waals surface area contributed by atoms with Crippen molar-refractivity contribution in [3.05, 3.63) is 82.9 Å². The highest BCUT2D eigenvalue weighted by molar-refractivity contribution is 6.30. The van der Waals surface area contributed by atoms with Gasteiger partial charge in [-0.3, -0.25) is 4.90 Å². The van der Waals surface area contributed by atoms with E-state index in [1.165, 1.54) is 16.3 Å². The lowest BCUT2D eigenvalue weighted by molar-refractivity contribution is 0.370. The molecule has 0 saturated heterocycles. The fourth-order valence-corrected chi connectivity index (χ4v) is 2.71. The van der Waals surface area contributed by atoms with Gasteiger partial charge in [0.15, 0.2) is 0 Å². The van der Waals surface area contributed by atoms with Crippen molar-refractivity contribution in [2.24, 2.45) is 0 Å². The van der Waals surface area contributed by atoms with Gasteiger partial charge in [0.1, 0.15) is 0 Å². The smallest absolute Gasteiger partial charge is 0.0605 e. The van der Waals surface area contributed by atoms with Crippen LogP contribution in [0.3, 0.4) is 0 Å². The maximum atomic E-state index is 5.88. The normalized spacial score (nSPS) is 10.6. The minimum absolute atomic E-state index is 0.728. The highest BCUT2D eigenvalue weighted by atomic mass is 35.5. The Kier molecular flexibility index (Phi) is 4.98. The van der Waals surface area contributed by atoms with Crippen LogP contribution in [-0.4, -0.2) is 18.5 Å². The zero-order chi connectivity index (χ0) is 16.1. The molecule has 0 unspecified atom stereocenters. The molecule has 114 valence electrons. The summed E-state index contributed by atoms with van der Waals surface area (Å²) in [5, 5.41) is 3.33. The lowest BCUT2D eigenvalue weighted by atomic mass is 10.0. The van der Waals surface area contributed by atoms with E-state index in [1.807, 2.05) is 24.3 Å². The average molecular weight is 320 g/mol. The first kappa shape index (κ1) is 15.6. The van der Waals surface area contributed by atoms with Crippen molar-refractivity contribution >= 4 is 22.4 Å². The number of halogens is 1. The van der Waals surface area contributed by atoms with E-state index in [9.17, 15) is 0 Å². The van der Waals surface area contributed by atoms with Gasteiger partial charge in [-0.05, 0) is 47.6 Å². The predicted molar refractivity (Wildman–Crippen MR) is 98.6 cm³/mol. The van der Waals surface area contributed by atoms with Gasteiger partial charge < -0.3 is 0 Å². The minimum Gasteiger partial charge on any atom is -0.291 e. The second-order valence-electron chi connectivity index (χ2n) is 5.62. The molecule has 0 spiro atoms. The SMILES string of the molecule is CN(CC#Cc1ccc(Cl)cc1)Cc1cccc2ccccc12. The molecule has 0 aliphatic rings. The maximum Gasteiger partial charge on any atom is 0.0605 e. The van der Waals surface area contributed by atoms with E-state index in [1.54, 1.807) is 0 Å². The molecule has 0 N–H and O–H groups in total. The summed E-state index contributed by atoms with van der Waals surface area (Å²) in [7, 11) is 2.10. The molecular formula is C21H18ClN. The van der Waals surface area contributed by atoms with Crippen molar-refractivity contribution in [3.8, 4) is 11.8 Å². The van der Waals surface area contributed by atoms with Crippen LogP contribution in [0.2, 0.25) is 5.02 Å². The average Bonchev–Trinajstić information content (AvgIpc) is 2.57. The van der Waals surface area contributed by atoms with Crippen LogP contribution in [0.25, 0.3) is 10.8 Å². The van der Waals surface area contributed by atoms with Crippen LogP contribution in [0, 0.1) is 11.8 Å². The van der Waals surface area contributed by atoms with Crippen molar-refractivity contribution < 1.29 is 0 Å². The van der Waals surface area contributed by atoms with Crippen LogP contribution in [0.15, 0.2) is 66.7 Å². The van der Waals surface area contributed by atoms with Crippen molar-refractivity contribution in [2.75, 3.05) is 13.6 Å². The van der Waals surface area contributed by atoms with Gasteiger partial charge >= 0.3 is 0 Å². The summed E-state index contributed by atoms with van der Waals surface area (Å²) >= 11 is 5.88. The van der Waals surface area contributed by atoms with E-state index in [0.29, 0.717) is 0 Å². The van der Waals surface area contributed by atoms with Crippen LogP contribution >= 0.6 is 11.6 Å². The summed E-state index contributed by atoms with van der Waals surface area (Å²) in [5.41, 5.74) is 2.33. The summed E-state index contributed by atoms with van der Waals surface area (Å²) in [6.45, 7) is 1.61. The molecule has 23 heavy (non-hydrogen) atoms. The number of fused-ring (bicyclic) bond motifs is 1.